The van der Waals surface area contributed by atoms with Crippen molar-refractivity contribution in [2.24, 2.45) is 5.10 Å². The second-order valence-electron chi connectivity index (χ2n) is 7.75. The lowest BCUT2D eigenvalue weighted by Gasteiger charge is -2.14. The zero-order valence-corrected chi connectivity index (χ0v) is 19.8. The zero-order chi connectivity index (χ0) is 27.0. The van der Waals surface area contributed by atoms with Crippen molar-refractivity contribution in [1.82, 2.24) is 20.9 Å². The smallest absolute Gasteiger partial charge is 0.326 e. The maximum atomic E-state index is 12.9. The number of carbonyl (C=O) groups is 4. The van der Waals surface area contributed by atoms with E-state index < -0.39 is 24.0 Å². The van der Waals surface area contributed by atoms with Crippen molar-refractivity contribution < 1.29 is 33.8 Å². The SMILES string of the molecule is O=C(O)CCC(NC(=O)N[CH]CCCCNC(=O)c1ccc(N/N=C/c2ccc([18F])cc2)nc1)C(=O)O. The summed E-state index contributed by atoms with van der Waals surface area (Å²) in [7, 11) is 0. The van der Waals surface area contributed by atoms with Gasteiger partial charge < -0.3 is 26.2 Å². The van der Waals surface area contributed by atoms with Crippen LogP contribution in [0.4, 0.5) is 15.0 Å². The fourth-order valence-electron chi connectivity index (χ4n) is 2.88. The van der Waals surface area contributed by atoms with Crippen LogP contribution in [0, 0.1) is 12.4 Å². The molecule has 13 heteroatoms. The minimum atomic E-state index is -1.32. The second-order valence-corrected chi connectivity index (χ2v) is 7.75. The van der Waals surface area contributed by atoms with Gasteiger partial charge in [0.1, 0.15) is 17.7 Å². The van der Waals surface area contributed by atoms with Gasteiger partial charge in [-0.15, -0.1) is 0 Å². The van der Waals surface area contributed by atoms with E-state index >= 15 is 0 Å². The Hall–Kier alpha value is -4.55. The van der Waals surface area contributed by atoms with E-state index in [1.165, 1.54) is 31.1 Å². The van der Waals surface area contributed by atoms with Crippen LogP contribution in [0.2, 0.25) is 0 Å². The van der Waals surface area contributed by atoms with Crippen LogP contribution in [0.25, 0.3) is 0 Å². The highest BCUT2D eigenvalue weighted by Crippen LogP contribution is 2.06. The van der Waals surface area contributed by atoms with Gasteiger partial charge in [0.25, 0.3) is 5.91 Å². The van der Waals surface area contributed by atoms with Crippen LogP contribution in [0.1, 0.15) is 48.0 Å². The third kappa shape index (κ3) is 11.6. The van der Waals surface area contributed by atoms with Gasteiger partial charge in [-0.1, -0.05) is 12.1 Å². The Balaban J connectivity index is 1.59. The summed E-state index contributed by atoms with van der Waals surface area (Å²) < 4.78 is 12.9. The van der Waals surface area contributed by atoms with E-state index in [4.69, 9.17) is 10.2 Å². The fraction of sp³-hybridized carbons (Fsp3) is 0.292. The van der Waals surface area contributed by atoms with Gasteiger partial charge in [-0.25, -0.2) is 19.0 Å². The molecule has 1 aromatic heterocycles. The Kier molecular flexibility index (Phi) is 12.0. The van der Waals surface area contributed by atoms with Crippen molar-refractivity contribution in [2.75, 3.05) is 12.0 Å². The van der Waals surface area contributed by atoms with Crippen LogP contribution >= 0.6 is 0 Å². The molecule has 0 saturated heterocycles. The monoisotopic (exact) mass is 514 g/mol. The number of nitrogens with zero attached hydrogens (tertiary/aromatic N) is 2. The third-order valence-corrected chi connectivity index (χ3v) is 4.83. The molecule has 0 bridgehead atoms. The molecule has 0 spiro atoms. The Morgan fingerprint density at radius 1 is 1.05 bits per heavy atom. The van der Waals surface area contributed by atoms with Crippen LogP contribution in [-0.2, 0) is 9.59 Å². The maximum absolute atomic E-state index is 12.9. The molecule has 6 N–H and O–H groups in total. The number of halogens is 1. The first-order valence-electron chi connectivity index (χ1n) is 11.4. The first-order valence-corrected chi connectivity index (χ1v) is 11.4. The summed E-state index contributed by atoms with van der Waals surface area (Å²) in [6.07, 6.45) is 4.08. The lowest BCUT2D eigenvalue weighted by atomic mass is 10.1. The van der Waals surface area contributed by atoms with Gasteiger partial charge in [-0.3, -0.25) is 15.0 Å². The van der Waals surface area contributed by atoms with Gasteiger partial charge in [0.05, 0.1) is 18.3 Å². The Labute approximate surface area is 212 Å². The number of aliphatic carboxylic acids is 2. The number of rotatable bonds is 15. The van der Waals surface area contributed by atoms with Crippen LogP contribution in [0.5, 0.6) is 0 Å². The van der Waals surface area contributed by atoms with E-state index in [0.717, 1.165) is 0 Å². The highest BCUT2D eigenvalue weighted by Gasteiger charge is 2.20. The van der Waals surface area contributed by atoms with Gasteiger partial charge >= 0.3 is 18.0 Å². The molecule has 0 aliphatic heterocycles. The van der Waals surface area contributed by atoms with E-state index in [-0.39, 0.29) is 24.6 Å². The van der Waals surface area contributed by atoms with Crippen LogP contribution in [-0.4, -0.2) is 57.9 Å². The molecular weight excluding hydrogens is 486 g/mol. The normalized spacial score (nSPS) is 11.5. The standard InChI is InChI=1S/C24H28FN6O6/c25-18-7-4-16(5-8-18)14-29-31-20-10-6-17(15-28-20)22(34)26-12-2-1-3-13-27-24(37)30-19(23(35)36)9-11-21(32)33/h4-8,10,13-15,19H,1-3,9,11-12H2,(H,26,34)(H,28,31)(H,32,33)(H,35,36)(H2,27,30,37)/b29-14+/i25-1. The number of aromatic nitrogens is 1. The Bertz CT molecular complexity index is 1080. The molecule has 0 fully saturated rings. The number of hydrogen-bond donors (Lipinski definition) is 6. The van der Waals surface area contributed by atoms with E-state index in [2.05, 4.69) is 31.5 Å². The molecule has 197 valence electrons. The molecule has 2 aromatic rings. The lowest BCUT2D eigenvalue weighted by molar-refractivity contribution is -0.140. The van der Waals surface area contributed by atoms with Crippen molar-refractivity contribution >= 4 is 35.9 Å². The van der Waals surface area contributed by atoms with Gasteiger partial charge in [0.15, 0.2) is 0 Å². The molecule has 37 heavy (non-hydrogen) atoms. The third-order valence-electron chi connectivity index (χ3n) is 4.83. The van der Waals surface area contributed by atoms with Crippen molar-refractivity contribution in [1.29, 1.82) is 0 Å². The topological polar surface area (TPSA) is 182 Å². The first kappa shape index (κ1) is 28.7. The molecule has 1 radical (unpaired) electrons. The quantitative estimate of drug-likeness (QED) is 0.119. The minimum Gasteiger partial charge on any atom is -0.481 e. The molecule has 0 aliphatic carbocycles. The molecule has 12 nitrogen and oxygen atoms in total. The van der Waals surface area contributed by atoms with E-state index in [1.807, 2.05) is 0 Å². The van der Waals surface area contributed by atoms with Crippen molar-refractivity contribution in [2.45, 2.75) is 38.1 Å². The van der Waals surface area contributed by atoms with Crippen LogP contribution in [0.3, 0.4) is 0 Å². The van der Waals surface area contributed by atoms with Crippen molar-refractivity contribution in [3.63, 3.8) is 0 Å². The number of carboxylic acids is 2. The van der Waals surface area contributed by atoms with Crippen LogP contribution in [0.15, 0.2) is 47.7 Å². The molecule has 0 aliphatic rings. The summed E-state index contributed by atoms with van der Waals surface area (Å²) in [6, 6.07) is 6.97. The molecule has 1 atom stereocenters. The number of anilines is 1. The Morgan fingerprint density at radius 2 is 1.81 bits per heavy atom. The maximum Gasteiger partial charge on any atom is 0.326 e. The number of nitrogens with one attached hydrogen (secondary N) is 4. The highest BCUT2D eigenvalue weighted by atomic mass is 18.2. The Morgan fingerprint density at radius 3 is 2.46 bits per heavy atom. The van der Waals surface area contributed by atoms with E-state index in [9.17, 15) is 23.6 Å². The number of unbranched alkanes of at least 4 members (excludes halogenated alkanes) is 2. The fourth-order valence-corrected chi connectivity index (χ4v) is 2.88. The number of hydrogen-bond acceptors (Lipinski definition) is 7. The largest absolute Gasteiger partial charge is 0.481 e. The number of benzene rings is 1. The summed E-state index contributed by atoms with van der Waals surface area (Å²) >= 11 is 0. The predicted molar refractivity (Wildman–Crippen MR) is 132 cm³/mol. The summed E-state index contributed by atoms with van der Waals surface area (Å²) in [6.45, 7) is 1.86. The van der Waals surface area contributed by atoms with Crippen molar-refractivity contribution in [3.8, 4) is 0 Å². The molecule has 3 amide bonds. The summed E-state index contributed by atoms with van der Waals surface area (Å²) in [5.41, 5.74) is 3.80. The zero-order valence-electron chi connectivity index (χ0n) is 19.8. The van der Waals surface area contributed by atoms with Gasteiger partial charge in [0.2, 0.25) is 0 Å². The van der Waals surface area contributed by atoms with E-state index in [0.29, 0.717) is 42.8 Å². The van der Waals surface area contributed by atoms with Gasteiger partial charge in [-0.2, -0.15) is 5.10 Å². The predicted octanol–water partition coefficient (Wildman–Crippen LogP) is 2.35. The number of urea groups is 1. The molecule has 1 aromatic carbocycles. The number of carboxylic acid groups (broad SMARTS) is 2. The van der Waals surface area contributed by atoms with E-state index in [1.54, 1.807) is 24.3 Å². The summed E-state index contributed by atoms with van der Waals surface area (Å²) in [4.78, 5) is 49.7. The molecule has 1 heterocycles. The number of amides is 3. The van der Waals surface area contributed by atoms with Crippen LogP contribution < -0.4 is 21.4 Å². The summed E-state index contributed by atoms with van der Waals surface area (Å²) in [5, 5.41) is 29.0. The minimum absolute atomic E-state index is 0.224. The van der Waals surface area contributed by atoms with Gasteiger partial charge in [-0.05, 0) is 55.5 Å². The average Bonchev–Trinajstić information content (AvgIpc) is 2.87. The number of hydrazone groups is 1. The average molecular weight is 515 g/mol. The number of pyridine rings is 1. The molecule has 1 unspecified atom stereocenters. The first-order chi connectivity index (χ1) is 17.7. The highest BCUT2D eigenvalue weighted by molar-refractivity contribution is 5.94. The second kappa shape index (κ2) is 15.4. The molecule has 0 saturated carbocycles. The lowest BCUT2D eigenvalue weighted by Crippen LogP contribution is -2.45. The molecular formula is C24H28FN6O6. The van der Waals surface area contributed by atoms with Crippen molar-refractivity contribution in [3.05, 3.63) is 66.1 Å². The number of carbonyl (C=O) groups excluding carboxylic acids is 2. The molecule has 2 rings (SSSR count). The summed E-state index contributed by atoms with van der Waals surface area (Å²) in [5.74, 6) is -2.67. The van der Waals surface area contributed by atoms with Gasteiger partial charge in [0, 0.05) is 19.2 Å².